The first-order chi connectivity index (χ1) is 7.51. The first kappa shape index (κ1) is 16.4. The lowest BCUT2D eigenvalue weighted by Crippen LogP contribution is -3.00. The summed E-state index contributed by atoms with van der Waals surface area (Å²) >= 11 is 0. The SMILES string of the molecule is CCCCn1cc[n+](CCCS(=O)(=O)O)c1.[Cl-]. The maximum absolute atomic E-state index is 10.5. The maximum Gasteiger partial charge on any atom is 0.265 e. The van der Waals surface area contributed by atoms with Crippen molar-refractivity contribution in [3.05, 3.63) is 18.7 Å². The molecule has 17 heavy (non-hydrogen) atoms. The molecule has 7 heteroatoms. The van der Waals surface area contributed by atoms with Gasteiger partial charge in [-0.05, 0) is 6.42 Å². The van der Waals surface area contributed by atoms with E-state index in [9.17, 15) is 8.42 Å². The van der Waals surface area contributed by atoms with Gasteiger partial charge in [-0.1, -0.05) is 13.3 Å². The fraction of sp³-hybridized carbons (Fsp3) is 0.700. The molecule has 0 radical (unpaired) electrons. The third-order valence-corrected chi connectivity index (χ3v) is 3.14. The van der Waals surface area contributed by atoms with Crippen LogP contribution in [0.3, 0.4) is 0 Å². The van der Waals surface area contributed by atoms with Crippen LogP contribution in [0.4, 0.5) is 0 Å². The minimum Gasteiger partial charge on any atom is -1.00 e. The molecule has 5 nitrogen and oxygen atoms in total. The number of imidazole rings is 1. The van der Waals surface area contributed by atoms with Crippen LogP contribution in [0.5, 0.6) is 0 Å². The van der Waals surface area contributed by atoms with Gasteiger partial charge >= 0.3 is 0 Å². The van der Waals surface area contributed by atoms with E-state index in [0.29, 0.717) is 13.0 Å². The summed E-state index contributed by atoms with van der Waals surface area (Å²) in [5.41, 5.74) is 0. The molecule has 0 aliphatic rings. The summed E-state index contributed by atoms with van der Waals surface area (Å²) in [6, 6.07) is 0. The maximum atomic E-state index is 10.5. The summed E-state index contributed by atoms with van der Waals surface area (Å²) in [6.07, 6.45) is 8.57. The van der Waals surface area contributed by atoms with Crippen LogP contribution in [0.15, 0.2) is 18.7 Å². The number of rotatable bonds is 7. The molecule has 0 aromatic carbocycles. The first-order valence-corrected chi connectivity index (χ1v) is 7.12. The summed E-state index contributed by atoms with van der Waals surface area (Å²) in [5, 5.41) is 0. The van der Waals surface area contributed by atoms with Gasteiger partial charge in [0.05, 0.1) is 18.8 Å². The van der Waals surface area contributed by atoms with Gasteiger partial charge in [0.15, 0.2) is 0 Å². The molecule has 1 aromatic heterocycles. The summed E-state index contributed by atoms with van der Waals surface area (Å²) in [7, 11) is -3.82. The van der Waals surface area contributed by atoms with Crippen molar-refractivity contribution in [2.75, 3.05) is 5.75 Å². The minimum atomic E-state index is -3.82. The number of unbranched alkanes of at least 4 members (excludes halogenated alkanes) is 1. The van der Waals surface area contributed by atoms with Gasteiger partial charge in [-0.15, -0.1) is 0 Å². The van der Waals surface area contributed by atoms with E-state index in [-0.39, 0.29) is 18.2 Å². The van der Waals surface area contributed by atoms with Crippen LogP contribution in [0.25, 0.3) is 0 Å². The Labute approximate surface area is 109 Å². The Hall–Kier alpha value is -0.590. The molecule has 0 aliphatic carbocycles. The Kier molecular flexibility index (Phi) is 7.41. The lowest BCUT2D eigenvalue weighted by molar-refractivity contribution is -0.696. The summed E-state index contributed by atoms with van der Waals surface area (Å²) in [4.78, 5) is 0. The Morgan fingerprint density at radius 1 is 1.35 bits per heavy atom. The van der Waals surface area contributed by atoms with Crippen LogP contribution in [-0.2, 0) is 23.2 Å². The van der Waals surface area contributed by atoms with E-state index in [0.717, 1.165) is 19.4 Å². The van der Waals surface area contributed by atoms with Gasteiger partial charge in [-0.25, -0.2) is 9.13 Å². The van der Waals surface area contributed by atoms with Gasteiger partial charge < -0.3 is 12.4 Å². The van der Waals surface area contributed by atoms with E-state index < -0.39 is 10.1 Å². The van der Waals surface area contributed by atoms with Gasteiger partial charge in [0.1, 0.15) is 12.4 Å². The number of hydrogen-bond acceptors (Lipinski definition) is 2. The van der Waals surface area contributed by atoms with E-state index in [1.807, 2.05) is 23.3 Å². The molecule has 1 heterocycles. The Bertz CT molecular complexity index is 417. The van der Waals surface area contributed by atoms with Gasteiger partial charge in [0, 0.05) is 6.42 Å². The third kappa shape index (κ3) is 7.36. The average Bonchev–Trinajstić information content (AvgIpc) is 2.61. The van der Waals surface area contributed by atoms with Crippen molar-refractivity contribution in [3.63, 3.8) is 0 Å². The topological polar surface area (TPSA) is 63.2 Å². The van der Waals surface area contributed by atoms with Crippen LogP contribution >= 0.6 is 0 Å². The highest BCUT2D eigenvalue weighted by Gasteiger charge is 2.07. The molecule has 0 saturated heterocycles. The van der Waals surface area contributed by atoms with Crippen LogP contribution < -0.4 is 17.0 Å². The zero-order chi connectivity index (χ0) is 12.0. The molecule has 0 atom stereocenters. The minimum absolute atomic E-state index is 0. The zero-order valence-corrected chi connectivity index (χ0v) is 11.5. The van der Waals surface area contributed by atoms with Crippen molar-refractivity contribution >= 4 is 10.1 Å². The van der Waals surface area contributed by atoms with E-state index in [1.54, 1.807) is 0 Å². The summed E-state index contributed by atoms with van der Waals surface area (Å²) in [6.45, 7) is 3.74. The highest BCUT2D eigenvalue weighted by molar-refractivity contribution is 7.85. The molecule has 0 amide bonds. The molecule has 0 fully saturated rings. The second-order valence-electron chi connectivity index (χ2n) is 3.88. The van der Waals surface area contributed by atoms with Gasteiger partial charge in [0.2, 0.25) is 6.33 Å². The second-order valence-corrected chi connectivity index (χ2v) is 5.45. The highest BCUT2D eigenvalue weighted by atomic mass is 35.5. The van der Waals surface area contributed by atoms with Gasteiger partial charge in [0.25, 0.3) is 10.1 Å². The Morgan fingerprint density at radius 3 is 2.65 bits per heavy atom. The van der Waals surface area contributed by atoms with Crippen LogP contribution in [0, 0.1) is 0 Å². The number of aryl methyl sites for hydroxylation is 2. The van der Waals surface area contributed by atoms with Gasteiger partial charge in [-0.2, -0.15) is 8.42 Å². The normalized spacial score (nSPS) is 11.2. The lowest BCUT2D eigenvalue weighted by atomic mass is 10.3. The molecule has 0 spiro atoms. The fourth-order valence-electron chi connectivity index (χ4n) is 1.47. The van der Waals surface area contributed by atoms with Crippen LogP contribution in [0.1, 0.15) is 26.2 Å². The number of nitrogens with zero attached hydrogens (tertiary/aromatic N) is 2. The van der Waals surface area contributed by atoms with E-state index >= 15 is 0 Å². The van der Waals surface area contributed by atoms with Crippen molar-refractivity contribution in [3.8, 4) is 0 Å². The predicted octanol–water partition coefficient (Wildman–Crippen LogP) is -2.14. The van der Waals surface area contributed by atoms with Crippen molar-refractivity contribution in [1.29, 1.82) is 0 Å². The molecule has 1 rings (SSSR count). The molecule has 100 valence electrons. The average molecular weight is 283 g/mol. The Morgan fingerprint density at radius 2 is 2.06 bits per heavy atom. The monoisotopic (exact) mass is 282 g/mol. The van der Waals surface area contributed by atoms with Crippen molar-refractivity contribution in [2.45, 2.75) is 39.3 Å². The quantitative estimate of drug-likeness (QED) is 0.459. The largest absolute Gasteiger partial charge is 1.00 e. The molecule has 0 aliphatic heterocycles. The standard InChI is InChI=1S/C10H18N2O3S.ClH/c1-2-3-5-11-7-8-12(10-11)6-4-9-16(13,14)15;/h7-8,10H,2-6,9H2,1H3;1H. The molecule has 1 N–H and O–H groups in total. The third-order valence-electron chi connectivity index (χ3n) is 2.33. The lowest BCUT2D eigenvalue weighted by Gasteiger charge is -1.95. The van der Waals surface area contributed by atoms with Crippen molar-refractivity contribution in [2.24, 2.45) is 0 Å². The smallest absolute Gasteiger partial charge is 0.265 e. The fourth-order valence-corrected chi connectivity index (χ4v) is 1.97. The van der Waals surface area contributed by atoms with E-state index in [4.69, 9.17) is 4.55 Å². The van der Waals surface area contributed by atoms with Crippen molar-refractivity contribution in [1.82, 2.24) is 4.57 Å². The number of halogens is 1. The van der Waals surface area contributed by atoms with E-state index in [1.165, 1.54) is 0 Å². The van der Waals surface area contributed by atoms with Crippen LogP contribution in [-0.4, -0.2) is 23.3 Å². The van der Waals surface area contributed by atoms with Gasteiger partial charge in [-0.3, -0.25) is 4.55 Å². The molecular formula is C10H19ClN2O3S. The Balaban J connectivity index is 0.00000256. The predicted molar refractivity (Wildman–Crippen MR) is 60.6 cm³/mol. The second kappa shape index (κ2) is 7.68. The number of hydrogen-bond donors (Lipinski definition) is 1. The molecule has 0 saturated carbocycles. The molecule has 1 aromatic rings. The molecule has 0 bridgehead atoms. The zero-order valence-electron chi connectivity index (χ0n) is 9.92. The number of aromatic nitrogens is 2. The first-order valence-electron chi connectivity index (χ1n) is 5.51. The van der Waals surface area contributed by atoms with E-state index in [2.05, 4.69) is 11.5 Å². The summed E-state index contributed by atoms with van der Waals surface area (Å²) in [5.74, 6) is -0.180. The van der Waals surface area contributed by atoms with Crippen LogP contribution in [0.2, 0.25) is 0 Å². The highest BCUT2D eigenvalue weighted by Crippen LogP contribution is 1.94. The molecular weight excluding hydrogens is 264 g/mol. The van der Waals surface area contributed by atoms with Crippen molar-refractivity contribution < 1.29 is 29.9 Å². The summed E-state index contributed by atoms with van der Waals surface area (Å²) < 4.78 is 33.6. The molecule has 0 unspecified atom stereocenters.